The maximum Gasteiger partial charge on any atom is 0.164 e. The summed E-state index contributed by atoms with van der Waals surface area (Å²) in [6.07, 6.45) is 0. The standard InChI is InChI=1S/C21H23NO5S/c1-12-7-17(24-3)18(25-4)8-13(12)15-11-28-21(22-15)14-9-19(26-5)20(27-6)10-16(14)23-2/h7-11H,1-6H3. The summed E-state index contributed by atoms with van der Waals surface area (Å²) in [5, 5.41) is 2.83. The van der Waals surface area contributed by atoms with Crippen LogP contribution in [0, 0.1) is 6.92 Å². The Labute approximate surface area is 168 Å². The van der Waals surface area contributed by atoms with E-state index in [1.54, 1.807) is 41.6 Å². The fraction of sp³-hybridized carbons (Fsp3) is 0.286. The van der Waals surface area contributed by atoms with Crippen molar-refractivity contribution in [3.63, 3.8) is 0 Å². The zero-order valence-corrected chi connectivity index (χ0v) is 17.6. The minimum atomic E-state index is 0.607. The van der Waals surface area contributed by atoms with Crippen LogP contribution in [0.15, 0.2) is 29.6 Å². The molecule has 0 amide bonds. The molecular formula is C21H23NO5S. The molecule has 0 aliphatic rings. The summed E-state index contributed by atoms with van der Waals surface area (Å²) in [4.78, 5) is 4.83. The van der Waals surface area contributed by atoms with Gasteiger partial charge in [0.15, 0.2) is 23.0 Å². The minimum absolute atomic E-state index is 0.607. The van der Waals surface area contributed by atoms with Crippen LogP contribution in [0.3, 0.4) is 0 Å². The van der Waals surface area contributed by atoms with Gasteiger partial charge in [0.2, 0.25) is 0 Å². The van der Waals surface area contributed by atoms with E-state index in [-0.39, 0.29) is 0 Å². The van der Waals surface area contributed by atoms with Gasteiger partial charge in [0.25, 0.3) is 0 Å². The largest absolute Gasteiger partial charge is 0.496 e. The molecule has 0 spiro atoms. The van der Waals surface area contributed by atoms with Crippen molar-refractivity contribution in [3.05, 3.63) is 35.2 Å². The summed E-state index contributed by atoms with van der Waals surface area (Å²) in [6.45, 7) is 2.02. The Morgan fingerprint density at radius 2 is 1.14 bits per heavy atom. The number of hydrogen-bond acceptors (Lipinski definition) is 7. The molecule has 0 N–H and O–H groups in total. The third-order valence-electron chi connectivity index (χ3n) is 4.45. The average Bonchev–Trinajstić information content (AvgIpc) is 3.21. The van der Waals surface area contributed by atoms with Crippen LogP contribution in [0.5, 0.6) is 28.7 Å². The maximum absolute atomic E-state index is 5.54. The summed E-state index contributed by atoms with van der Waals surface area (Å²) < 4.78 is 27.1. The highest BCUT2D eigenvalue weighted by Gasteiger charge is 2.18. The molecule has 0 saturated heterocycles. The monoisotopic (exact) mass is 401 g/mol. The van der Waals surface area contributed by atoms with Crippen molar-refractivity contribution in [3.8, 4) is 50.6 Å². The number of aryl methyl sites for hydroxylation is 1. The molecular weight excluding hydrogens is 378 g/mol. The maximum atomic E-state index is 5.54. The van der Waals surface area contributed by atoms with Crippen LogP contribution in [0.2, 0.25) is 0 Å². The van der Waals surface area contributed by atoms with E-state index in [2.05, 4.69) is 0 Å². The molecule has 0 aliphatic heterocycles. The summed E-state index contributed by atoms with van der Waals surface area (Å²) >= 11 is 1.53. The Morgan fingerprint density at radius 1 is 0.643 bits per heavy atom. The lowest BCUT2D eigenvalue weighted by atomic mass is 10.1. The lowest BCUT2D eigenvalue weighted by Crippen LogP contribution is -1.95. The molecule has 0 saturated carbocycles. The van der Waals surface area contributed by atoms with E-state index < -0.39 is 0 Å². The number of rotatable bonds is 7. The molecule has 1 aromatic heterocycles. The molecule has 0 atom stereocenters. The summed E-state index contributed by atoms with van der Waals surface area (Å²) in [5.74, 6) is 3.26. The van der Waals surface area contributed by atoms with E-state index in [9.17, 15) is 0 Å². The zero-order chi connectivity index (χ0) is 20.3. The Hall–Kier alpha value is -2.93. The predicted octanol–water partition coefficient (Wildman–Crippen LogP) is 4.83. The van der Waals surface area contributed by atoms with E-state index in [0.717, 1.165) is 27.4 Å². The van der Waals surface area contributed by atoms with Gasteiger partial charge in [-0.05, 0) is 30.7 Å². The highest BCUT2D eigenvalue weighted by atomic mass is 32.1. The first kappa shape index (κ1) is 19.8. The molecule has 1 heterocycles. The molecule has 0 radical (unpaired) electrons. The normalized spacial score (nSPS) is 10.5. The summed E-state index contributed by atoms with van der Waals surface area (Å²) in [5.41, 5.74) is 3.73. The molecule has 2 aromatic carbocycles. The predicted molar refractivity (Wildman–Crippen MR) is 110 cm³/mol. The second-order valence-corrected chi connectivity index (χ2v) is 6.83. The van der Waals surface area contributed by atoms with Crippen molar-refractivity contribution in [1.82, 2.24) is 4.98 Å². The molecule has 0 unspecified atom stereocenters. The Kier molecular flexibility index (Phi) is 5.94. The van der Waals surface area contributed by atoms with Crippen LogP contribution in [-0.4, -0.2) is 40.5 Å². The first-order valence-electron chi connectivity index (χ1n) is 8.55. The van der Waals surface area contributed by atoms with Crippen molar-refractivity contribution in [2.45, 2.75) is 6.92 Å². The fourth-order valence-corrected chi connectivity index (χ4v) is 3.81. The topological polar surface area (TPSA) is 59.0 Å². The number of ether oxygens (including phenoxy) is 5. The van der Waals surface area contributed by atoms with Crippen LogP contribution in [0.25, 0.3) is 21.8 Å². The lowest BCUT2D eigenvalue weighted by molar-refractivity contribution is 0.349. The molecule has 0 bridgehead atoms. The third-order valence-corrected chi connectivity index (χ3v) is 5.32. The first-order valence-corrected chi connectivity index (χ1v) is 9.43. The van der Waals surface area contributed by atoms with E-state index >= 15 is 0 Å². The van der Waals surface area contributed by atoms with Gasteiger partial charge in [-0.1, -0.05) is 0 Å². The molecule has 28 heavy (non-hydrogen) atoms. The molecule has 0 aliphatic carbocycles. The van der Waals surface area contributed by atoms with E-state index in [1.165, 1.54) is 11.3 Å². The van der Waals surface area contributed by atoms with E-state index in [0.29, 0.717) is 28.7 Å². The van der Waals surface area contributed by atoms with Crippen molar-refractivity contribution < 1.29 is 23.7 Å². The van der Waals surface area contributed by atoms with E-state index in [1.807, 2.05) is 30.5 Å². The quantitative estimate of drug-likeness (QED) is 0.565. The van der Waals surface area contributed by atoms with Crippen LogP contribution in [0.4, 0.5) is 0 Å². The molecule has 3 rings (SSSR count). The van der Waals surface area contributed by atoms with E-state index in [4.69, 9.17) is 28.7 Å². The smallest absolute Gasteiger partial charge is 0.164 e. The molecule has 0 fully saturated rings. The van der Waals surface area contributed by atoms with Gasteiger partial charge in [0.1, 0.15) is 10.8 Å². The number of nitrogens with zero attached hydrogens (tertiary/aromatic N) is 1. The van der Waals surface area contributed by atoms with Crippen molar-refractivity contribution >= 4 is 11.3 Å². The molecule has 6 nitrogen and oxygen atoms in total. The minimum Gasteiger partial charge on any atom is -0.496 e. The zero-order valence-electron chi connectivity index (χ0n) is 16.8. The second kappa shape index (κ2) is 8.39. The van der Waals surface area contributed by atoms with Crippen LogP contribution < -0.4 is 23.7 Å². The van der Waals surface area contributed by atoms with Crippen molar-refractivity contribution in [1.29, 1.82) is 0 Å². The lowest BCUT2D eigenvalue weighted by Gasteiger charge is -2.13. The molecule has 148 valence electrons. The number of hydrogen-bond donors (Lipinski definition) is 0. The summed E-state index contributed by atoms with van der Waals surface area (Å²) in [7, 11) is 8.07. The number of methoxy groups -OCH3 is 5. The van der Waals surface area contributed by atoms with Gasteiger partial charge in [-0.15, -0.1) is 11.3 Å². The first-order chi connectivity index (χ1) is 13.6. The van der Waals surface area contributed by atoms with Gasteiger partial charge in [-0.3, -0.25) is 0 Å². The second-order valence-electron chi connectivity index (χ2n) is 5.97. The summed E-state index contributed by atoms with van der Waals surface area (Å²) in [6, 6.07) is 7.57. The van der Waals surface area contributed by atoms with Gasteiger partial charge in [-0.2, -0.15) is 0 Å². The number of aromatic nitrogens is 1. The third kappa shape index (κ3) is 3.57. The average molecular weight is 401 g/mol. The van der Waals surface area contributed by atoms with Gasteiger partial charge in [0, 0.05) is 17.0 Å². The van der Waals surface area contributed by atoms with Crippen molar-refractivity contribution in [2.75, 3.05) is 35.5 Å². The van der Waals surface area contributed by atoms with Gasteiger partial charge in [0.05, 0.1) is 46.8 Å². The van der Waals surface area contributed by atoms with Crippen LogP contribution in [-0.2, 0) is 0 Å². The van der Waals surface area contributed by atoms with Gasteiger partial charge < -0.3 is 23.7 Å². The Morgan fingerprint density at radius 3 is 1.71 bits per heavy atom. The number of thiazole rings is 1. The highest BCUT2D eigenvalue weighted by Crippen LogP contribution is 2.43. The molecule has 7 heteroatoms. The Bertz CT molecular complexity index is 983. The van der Waals surface area contributed by atoms with Crippen LogP contribution >= 0.6 is 11.3 Å². The highest BCUT2D eigenvalue weighted by molar-refractivity contribution is 7.13. The SMILES string of the molecule is COc1cc(C)c(-c2csc(-c3cc(OC)c(OC)cc3OC)n2)cc1OC. The van der Waals surface area contributed by atoms with Gasteiger partial charge in [-0.25, -0.2) is 4.98 Å². The molecule has 3 aromatic rings. The van der Waals surface area contributed by atoms with Crippen LogP contribution in [0.1, 0.15) is 5.56 Å². The Balaban J connectivity index is 2.08. The number of benzene rings is 2. The van der Waals surface area contributed by atoms with Crippen molar-refractivity contribution in [2.24, 2.45) is 0 Å². The van der Waals surface area contributed by atoms with Gasteiger partial charge >= 0.3 is 0 Å². The fourth-order valence-electron chi connectivity index (χ4n) is 2.97.